The second kappa shape index (κ2) is 7.10. The number of aryl methyl sites for hydroxylation is 1. The molecular formula is C8H10O2P+. The van der Waals surface area contributed by atoms with Crippen LogP contribution in [-0.2, 0) is 9.36 Å². The molecule has 0 saturated heterocycles. The van der Waals surface area contributed by atoms with Gasteiger partial charge in [0.05, 0.1) is 0 Å². The summed E-state index contributed by atoms with van der Waals surface area (Å²) in [4.78, 5) is 8.87. The van der Waals surface area contributed by atoms with E-state index in [1.54, 1.807) is 0 Å². The van der Waals surface area contributed by atoms with Gasteiger partial charge in [-0.25, -0.2) is 4.79 Å². The lowest BCUT2D eigenvalue weighted by atomic mass is 10.2. The highest BCUT2D eigenvalue weighted by Gasteiger charge is 1.72. The van der Waals surface area contributed by atoms with Crippen molar-refractivity contribution in [1.82, 2.24) is 0 Å². The number of hydrogen-bond acceptors (Lipinski definition) is 2. The molecule has 0 aliphatic rings. The lowest BCUT2D eigenvalue weighted by Crippen LogP contribution is -1.62. The minimum atomic E-state index is -0.790. The van der Waals surface area contributed by atoms with E-state index in [-0.39, 0.29) is 0 Å². The van der Waals surface area contributed by atoms with Crippen molar-refractivity contribution in [1.29, 1.82) is 0 Å². The average Bonchev–Trinajstić information content (AvgIpc) is 2.07. The molecule has 0 aliphatic heterocycles. The second-order valence-corrected chi connectivity index (χ2v) is 2.36. The summed E-state index contributed by atoms with van der Waals surface area (Å²) in [7, 11) is -0.790. The van der Waals surface area contributed by atoms with Crippen molar-refractivity contribution >= 4 is 14.5 Å². The molecule has 58 valence electrons. The number of rotatable bonds is 1. The molecule has 1 aromatic rings. The van der Waals surface area contributed by atoms with Gasteiger partial charge in [0, 0.05) is 0 Å². The van der Waals surface area contributed by atoms with E-state index < -0.39 is 8.46 Å². The summed E-state index contributed by atoms with van der Waals surface area (Å²) in [6.07, 6.45) is 0. The van der Waals surface area contributed by atoms with Crippen molar-refractivity contribution in [2.75, 3.05) is 0 Å². The van der Waals surface area contributed by atoms with E-state index in [9.17, 15) is 0 Å². The van der Waals surface area contributed by atoms with Crippen LogP contribution in [0.1, 0.15) is 5.56 Å². The molecule has 0 heterocycles. The number of carbonyl (C=O) groups excluding carboxylic acids is 1. The van der Waals surface area contributed by atoms with Crippen molar-refractivity contribution in [3.63, 3.8) is 0 Å². The van der Waals surface area contributed by atoms with Crippen LogP contribution >= 0.6 is 8.46 Å². The fraction of sp³-hybridized carbons (Fsp3) is 0.125. The van der Waals surface area contributed by atoms with Crippen LogP contribution in [0.15, 0.2) is 30.3 Å². The molecule has 0 radical (unpaired) electrons. The van der Waals surface area contributed by atoms with Crippen molar-refractivity contribution in [2.45, 2.75) is 6.92 Å². The van der Waals surface area contributed by atoms with E-state index in [0.717, 1.165) is 0 Å². The molecule has 1 rings (SSSR count). The Balaban J connectivity index is 0.000000218. The molecule has 1 unspecified atom stereocenters. The molecule has 0 amide bonds. The van der Waals surface area contributed by atoms with Crippen molar-refractivity contribution in [3.8, 4) is 0 Å². The highest BCUT2D eigenvalue weighted by atomic mass is 31.1. The molecule has 11 heavy (non-hydrogen) atoms. The topological polar surface area (TPSA) is 34.1 Å². The first kappa shape index (κ1) is 9.99. The van der Waals surface area contributed by atoms with Crippen molar-refractivity contribution in [3.05, 3.63) is 35.9 Å². The van der Waals surface area contributed by atoms with E-state index in [0.29, 0.717) is 6.03 Å². The molecule has 0 aromatic heterocycles. The van der Waals surface area contributed by atoms with Gasteiger partial charge in [-0.05, 0) is 6.92 Å². The Morgan fingerprint density at radius 3 is 1.91 bits per heavy atom. The zero-order valence-corrected chi connectivity index (χ0v) is 7.28. The predicted molar refractivity (Wildman–Crippen MR) is 46.9 cm³/mol. The van der Waals surface area contributed by atoms with Crippen LogP contribution in [0.4, 0.5) is 0 Å². The predicted octanol–water partition coefficient (Wildman–Crippen LogP) is 2.20. The number of carbonyl (C=O) groups is 1. The molecule has 1 atom stereocenters. The Kier molecular flexibility index (Phi) is 6.45. The molecule has 3 heteroatoms. The Morgan fingerprint density at radius 1 is 1.27 bits per heavy atom. The Bertz CT molecular complexity index is 203. The summed E-state index contributed by atoms with van der Waals surface area (Å²) >= 11 is 0. The minimum Gasteiger partial charge on any atom is -0.244 e. The van der Waals surface area contributed by atoms with Gasteiger partial charge in [0.25, 0.3) is 0 Å². The van der Waals surface area contributed by atoms with Crippen LogP contribution in [-0.4, -0.2) is 6.03 Å². The van der Waals surface area contributed by atoms with Gasteiger partial charge in [0.2, 0.25) is 0 Å². The maximum absolute atomic E-state index is 8.96. The summed E-state index contributed by atoms with van der Waals surface area (Å²) in [5.74, 6) is 0. The average molecular weight is 169 g/mol. The van der Waals surface area contributed by atoms with Gasteiger partial charge in [0.1, 0.15) is 0 Å². The number of benzene rings is 1. The first-order valence-corrected chi connectivity index (χ1v) is 4.12. The van der Waals surface area contributed by atoms with E-state index in [2.05, 4.69) is 19.1 Å². The van der Waals surface area contributed by atoms with E-state index >= 15 is 0 Å². The molecule has 0 aliphatic carbocycles. The van der Waals surface area contributed by atoms with Crippen LogP contribution in [0.2, 0.25) is 0 Å². The van der Waals surface area contributed by atoms with Gasteiger partial charge in [-0.3, -0.25) is 0 Å². The fourth-order valence-electron chi connectivity index (χ4n) is 0.534. The van der Waals surface area contributed by atoms with Crippen LogP contribution in [0.3, 0.4) is 0 Å². The molecule has 2 nitrogen and oxygen atoms in total. The summed E-state index contributed by atoms with van der Waals surface area (Å²) < 4.78 is 8.96. The molecule has 0 fully saturated rings. The Labute approximate surface area is 67.4 Å². The highest BCUT2D eigenvalue weighted by Crippen LogP contribution is 1.92. The smallest absolute Gasteiger partial charge is 0.244 e. The maximum Gasteiger partial charge on any atom is 0.397 e. The standard InChI is InChI=1S/C7H8.CHO2P/c1-7-5-3-2-4-6-7;2-1-4-3/h2-6H,1H3;1H/p+1. The van der Waals surface area contributed by atoms with Crippen LogP contribution in [0, 0.1) is 6.92 Å². The number of hydrogen-bond donors (Lipinski definition) is 0. The summed E-state index contributed by atoms with van der Waals surface area (Å²) in [6.45, 7) is 2.08. The first-order chi connectivity index (χ1) is 5.31. The second-order valence-electron chi connectivity index (χ2n) is 1.89. The van der Waals surface area contributed by atoms with E-state index in [1.165, 1.54) is 5.56 Å². The van der Waals surface area contributed by atoms with E-state index in [4.69, 9.17) is 9.36 Å². The largest absolute Gasteiger partial charge is 0.397 e. The van der Waals surface area contributed by atoms with Crippen LogP contribution in [0.25, 0.3) is 0 Å². The zero-order valence-electron chi connectivity index (χ0n) is 6.28. The van der Waals surface area contributed by atoms with Gasteiger partial charge in [0.15, 0.2) is 0 Å². The molecule has 1 aromatic carbocycles. The van der Waals surface area contributed by atoms with Gasteiger partial charge in [-0.2, -0.15) is 0 Å². The lowest BCUT2D eigenvalue weighted by molar-refractivity contribution is 0.562. The molecule has 0 spiro atoms. The van der Waals surface area contributed by atoms with Crippen molar-refractivity contribution in [2.24, 2.45) is 0 Å². The highest BCUT2D eigenvalue weighted by molar-refractivity contribution is 7.42. The molecule has 0 bridgehead atoms. The Morgan fingerprint density at radius 2 is 1.73 bits per heavy atom. The van der Waals surface area contributed by atoms with Crippen LogP contribution in [0.5, 0.6) is 0 Å². The SMILES string of the molecule is Cc1ccccc1.O=C[PH+]=O. The molecule has 0 saturated carbocycles. The third kappa shape index (κ3) is 6.88. The van der Waals surface area contributed by atoms with E-state index in [1.807, 2.05) is 18.2 Å². The maximum atomic E-state index is 8.96. The van der Waals surface area contributed by atoms with Gasteiger partial charge >= 0.3 is 14.5 Å². The zero-order chi connectivity index (χ0) is 8.53. The molecule has 0 N–H and O–H groups in total. The minimum absolute atomic E-state index is 0.347. The fourth-order valence-corrected chi connectivity index (χ4v) is 0.534. The first-order valence-electron chi connectivity index (χ1n) is 3.14. The van der Waals surface area contributed by atoms with Crippen molar-refractivity contribution < 1.29 is 9.36 Å². The quantitative estimate of drug-likeness (QED) is 0.477. The summed E-state index contributed by atoms with van der Waals surface area (Å²) in [5.41, 5.74) is 1.32. The monoisotopic (exact) mass is 169 g/mol. The lowest BCUT2D eigenvalue weighted by Gasteiger charge is -1.82. The third-order valence-electron chi connectivity index (χ3n) is 0.989. The molecular weight excluding hydrogens is 159 g/mol. The normalized spacial score (nSPS) is 8.09. The van der Waals surface area contributed by atoms with Gasteiger partial charge in [-0.1, -0.05) is 40.5 Å². The Hall–Kier alpha value is -1.01. The van der Waals surface area contributed by atoms with Gasteiger partial charge < -0.3 is 0 Å². The van der Waals surface area contributed by atoms with Crippen LogP contribution < -0.4 is 0 Å². The summed E-state index contributed by atoms with van der Waals surface area (Å²) in [5, 5.41) is 0. The van der Waals surface area contributed by atoms with Gasteiger partial charge in [-0.15, -0.1) is 0 Å². The summed E-state index contributed by atoms with van der Waals surface area (Å²) in [6, 6.07) is 10.6. The third-order valence-corrected chi connectivity index (χ3v) is 1.08.